The van der Waals surface area contributed by atoms with E-state index < -0.39 is 5.25 Å². The molecule has 5 rings (SSSR count). The van der Waals surface area contributed by atoms with Gasteiger partial charge in [-0.1, -0.05) is 30.0 Å². The fourth-order valence-corrected chi connectivity index (χ4v) is 4.86. The van der Waals surface area contributed by atoms with Crippen molar-refractivity contribution in [2.45, 2.75) is 31.2 Å². The van der Waals surface area contributed by atoms with Crippen molar-refractivity contribution in [3.8, 4) is 17.2 Å². The first-order valence-electron chi connectivity index (χ1n) is 10.9. The van der Waals surface area contributed by atoms with E-state index >= 15 is 0 Å². The van der Waals surface area contributed by atoms with Crippen LogP contribution in [0.2, 0.25) is 0 Å². The van der Waals surface area contributed by atoms with Crippen molar-refractivity contribution in [3.05, 3.63) is 82.1 Å². The number of aryl methyl sites for hydroxylation is 2. The Morgan fingerprint density at radius 2 is 1.76 bits per heavy atom. The molecule has 1 amide bonds. The number of benzene rings is 3. The number of aromatic nitrogens is 2. The monoisotopic (exact) mass is 473 g/mol. The molecule has 1 N–H and O–H groups in total. The van der Waals surface area contributed by atoms with Crippen LogP contribution in [0.25, 0.3) is 16.6 Å². The summed E-state index contributed by atoms with van der Waals surface area (Å²) in [7, 11) is 0. The molecule has 1 atom stereocenters. The Bertz CT molecular complexity index is 1460. The molecule has 0 radical (unpaired) electrons. The highest BCUT2D eigenvalue weighted by Crippen LogP contribution is 2.34. The SMILES string of the molecule is Cc1cc(C)cc(-n2c(SC(C)C(=O)Nc3ccc4c(c3)OCO4)nc3ccccc3c2=O)c1. The van der Waals surface area contributed by atoms with Crippen LogP contribution >= 0.6 is 11.8 Å². The second-order valence-electron chi connectivity index (χ2n) is 8.22. The third kappa shape index (κ3) is 4.24. The molecule has 7 nitrogen and oxygen atoms in total. The summed E-state index contributed by atoms with van der Waals surface area (Å²) in [6.45, 7) is 5.94. The molecule has 1 aliphatic heterocycles. The van der Waals surface area contributed by atoms with Crippen molar-refractivity contribution in [2.75, 3.05) is 12.1 Å². The Labute approximate surface area is 200 Å². The Balaban J connectivity index is 1.50. The van der Waals surface area contributed by atoms with Gasteiger partial charge < -0.3 is 14.8 Å². The van der Waals surface area contributed by atoms with E-state index in [4.69, 9.17) is 14.5 Å². The maximum Gasteiger partial charge on any atom is 0.266 e. The molecule has 0 spiro atoms. The van der Waals surface area contributed by atoms with Crippen LogP contribution in [0.4, 0.5) is 5.69 Å². The molecule has 0 fully saturated rings. The molecule has 172 valence electrons. The number of anilines is 1. The van der Waals surface area contributed by atoms with Crippen molar-refractivity contribution in [1.82, 2.24) is 9.55 Å². The predicted octanol–water partition coefficient (Wildman–Crippen LogP) is 4.85. The molecule has 0 saturated heterocycles. The van der Waals surface area contributed by atoms with Gasteiger partial charge in [-0.2, -0.15) is 0 Å². The average molecular weight is 474 g/mol. The molecule has 34 heavy (non-hydrogen) atoms. The second-order valence-corrected chi connectivity index (χ2v) is 9.52. The molecule has 1 aliphatic rings. The number of rotatable bonds is 5. The van der Waals surface area contributed by atoms with Gasteiger partial charge in [0.1, 0.15) is 0 Å². The van der Waals surface area contributed by atoms with Crippen LogP contribution in [0.15, 0.2) is 70.6 Å². The molecule has 0 aliphatic carbocycles. The summed E-state index contributed by atoms with van der Waals surface area (Å²) in [5.74, 6) is 1.04. The predicted molar refractivity (Wildman–Crippen MR) is 133 cm³/mol. The minimum absolute atomic E-state index is 0.165. The van der Waals surface area contributed by atoms with Crippen LogP contribution in [0.1, 0.15) is 18.1 Å². The van der Waals surface area contributed by atoms with Gasteiger partial charge in [0.05, 0.1) is 21.8 Å². The van der Waals surface area contributed by atoms with Gasteiger partial charge in [-0.3, -0.25) is 14.2 Å². The standard InChI is InChI=1S/C26H23N3O4S/c1-15-10-16(2)12-19(11-15)29-25(31)20-6-4-5-7-21(20)28-26(29)34-17(3)24(30)27-18-8-9-22-23(13-18)33-14-32-22/h4-13,17H,14H2,1-3H3,(H,27,30). The number of carbonyl (C=O) groups excluding carboxylic acids is 1. The maximum atomic E-state index is 13.5. The number of nitrogens with zero attached hydrogens (tertiary/aromatic N) is 2. The number of carbonyl (C=O) groups is 1. The minimum atomic E-state index is -0.518. The van der Waals surface area contributed by atoms with Crippen molar-refractivity contribution >= 4 is 34.3 Å². The number of thioether (sulfide) groups is 1. The number of ether oxygens (including phenoxy) is 2. The first kappa shape index (κ1) is 22.0. The van der Waals surface area contributed by atoms with Gasteiger partial charge in [0.2, 0.25) is 12.7 Å². The first-order valence-corrected chi connectivity index (χ1v) is 11.7. The van der Waals surface area contributed by atoms with Gasteiger partial charge in [0, 0.05) is 11.8 Å². The number of hydrogen-bond acceptors (Lipinski definition) is 6. The van der Waals surface area contributed by atoms with Gasteiger partial charge in [-0.25, -0.2) is 4.98 Å². The first-order chi connectivity index (χ1) is 16.4. The summed E-state index contributed by atoms with van der Waals surface area (Å²) in [5, 5.41) is 3.38. The van der Waals surface area contributed by atoms with E-state index in [1.54, 1.807) is 35.8 Å². The lowest BCUT2D eigenvalue weighted by atomic mass is 10.1. The van der Waals surface area contributed by atoms with E-state index in [9.17, 15) is 9.59 Å². The maximum absolute atomic E-state index is 13.5. The van der Waals surface area contributed by atoms with E-state index in [2.05, 4.69) is 11.4 Å². The highest BCUT2D eigenvalue weighted by Gasteiger charge is 2.22. The third-order valence-electron chi connectivity index (χ3n) is 5.50. The molecule has 0 bridgehead atoms. The molecule has 2 heterocycles. The van der Waals surface area contributed by atoms with Gasteiger partial charge in [-0.05, 0) is 68.3 Å². The van der Waals surface area contributed by atoms with Gasteiger partial charge in [0.15, 0.2) is 16.7 Å². The van der Waals surface area contributed by atoms with Gasteiger partial charge in [-0.15, -0.1) is 0 Å². The fourth-order valence-electron chi connectivity index (χ4n) is 3.93. The van der Waals surface area contributed by atoms with Crippen LogP contribution in [0.5, 0.6) is 11.5 Å². The number of para-hydroxylation sites is 1. The second kappa shape index (κ2) is 8.87. The van der Waals surface area contributed by atoms with Crippen LogP contribution in [-0.2, 0) is 4.79 Å². The van der Waals surface area contributed by atoms with E-state index in [0.717, 1.165) is 16.8 Å². The molecule has 3 aromatic carbocycles. The quantitative estimate of drug-likeness (QED) is 0.330. The smallest absolute Gasteiger partial charge is 0.266 e. The van der Waals surface area contributed by atoms with E-state index in [1.807, 2.05) is 44.2 Å². The summed E-state index contributed by atoms with van der Waals surface area (Å²) >= 11 is 1.24. The van der Waals surface area contributed by atoms with Crippen molar-refractivity contribution in [2.24, 2.45) is 0 Å². The Kier molecular flexibility index (Phi) is 5.75. The number of hydrogen-bond donors (Lipinski definition) is 1. The summed E-state index contributed by atoms with van der Waals surface area (Å²) in [4.78, 5) is 31.3. The Hall–Kier alpha value is -3.78. The molecular formula is C26H23N3O4S. The van der Waals surface area contributed by atoms with Crippen molar-refractivity contribution in [3.63, 3.8) is 0 Å². The van der Waals surface area contributed by atoms with Crippen LogP contribution in [0, 0.1) is 13.8 Å². The summed E-state index contributed by atoms with van der Waals surface area (Å²) in [5.41, 5.74) is 3.85. The van der Waals surface area contributed by atoms with Crippen molar-refractivity contribution in [1.29, 1.82) is 0 Å². The number of nitrogens with one attached hydrogen (secondary N) is 1. The molecule has 1 aromatic heterocycles. The fraction of sp³-hybridized carbons (Fsp3) is 0.192. The van der Waals surface area contributed by atoms with E-state index in [-0.39, 0.29) is 18.3 Å². The summed E-state index contributed by atoms with van der Waals surface area (Å²) in [6.07, 6.45) is 0. The average Bonchev–Trinajstić information content (AvgIpc) is 3.26. The van der Waals surface area contributed by atoms with E-state index in [1.165, 1.54) is 11.8 Å². The Morgan fingerprint density at radius 3 is 2.56 bits per heavy atom. The normalized spacial score (nSPS) is 13.1. The zero-order chi connectivity index (χ0) is 23.8. The molecule has 0 saturated carbocycles. The topological polar surface area (TPSA) is 82.5 Å². The van der Waals surface area contributed by atoms with Crippen LogP contribution in [-0.4, -0.2) is 27.5 Å². The third-order valence-corrected chi connectivity index (χ3v) is 6.55. The number of amides is 1. The van der Waals surface area contributed by atoms with Crippen LogP contribution in [0.3, 0.4) is 0 Å². The van der Waals surface area contributed by atoms with E-state index in [0.29, 0.717) is 33.2 Å². The molecule has 1 unspecified atom stereocenters. The zero-order valence-corrected chi connectivity index (χ0v) is 19.8. The number of fused-ring (bicyclic) bond motifs is 2. The minimum Gasteiger partial charge on any atom is -0.454 e. The lowest BCUT2D eigenvalue weighted by Crippen LogP contribution is -2.26. The molecular weight excluding hydrogens is 450 g/mol. The Morgan fingerprint density at radius 1 is 1.03 bits per heavy atom. The lowest BCUT2D eigenvalue weighted by molar-refractivity contribution is -0.115. The molecule has 8 heteroatoms. The highest BCUT2D eigenvalue weighted by atomic mass is 32.2. The summed E-state index contributed by atoms with van der Waals surface area (Å²) in [6, 6.07) is 18.5. The molecule has 4 aromatic rings. The van der Waals surface area contributed by atoms with Crippen molar-refractivity contribution < 1.29 is 14.3 Å². The largest absolute Gasteiger partial charge is 0.454 e. The zero-order valence-electron chi connectivity index (χ0n) is 19.0. The van der Waals surface area contributed by atoms with Gasteiger partial charge >= 0.3 is 0 Å². The van der Waals surface area contributed by atoms with Gasteiger partial charge in [0.25, 0.3) is 5.56 Å². The van der Waals surface area contributed by atoms with Crippen LogP contribution < -0.4 is 20.3 Å². The highest BCUT2D eigenvalue weighted by molar-refractivity contribution is 8.00. The lowest BCUT2D eigenvalue weighted by Gasteiger charge is -2.17. The summed E-state index contributed by atoms with van der Waals surface area (Å²) < 4.78 is 12.3.